The Hall–Kier alpha value is -3.14. The van der Waals surface area contributed by atoms with Gasteiger partial charge in [-0.3, -0.25) is 0 Å². The molecule has 0 radical (unpaired) electrons. The van der Waals surface area contributed by atoms with Crippen LogP contribution in [0.5, 0.6) is 5.75 Å². The van der Waals surface area contributed by atoms with Crippen molar-refractivity contribution in [3.63, 3.8) is 0 Å². The van der Waals surface area contributed by atoms with E-state index >= 15 is 0 Å². The molecular weight excluding hydrogens is 375 g/mol. The normalized spacial score (nSPS) is 10.0. The molecule has 29 heavy (non-hydrogen) atoms. The van der Waals surface area contributed by atoms with Gasteiger partial charge in [0.05, 0.1) is 5.91 Å². The van der Waals surface area contributed by atoms with Gasteiger partial charge < -0.3 is 20.0 Å². The third kappa shape index (κ3) is 5.91. The minimum absolute atomic E-state index is 0. The largest absolute Gasteiger partial charge is 1.00 e. The van der Waals surface area contributed by atoms with Crippen LogP contribution in [0.4, 0.5) is 14.5 Å². The Morgan fingerprint density at radius 3 is 2.38 bits per heavy atom. The summed E-state index contributed by atoms with van der Waals surface area (Å²) >= 11 is 0. The smallest absolute Gasteiger partial charge is 0.622 e. The standard InChI is InChI=1S/C21H15F2NO4.Li/c22-15-4-1-3-13(9-15)14-7-8-19(23)18(10-14)21(27)24-16-5-2-6-17(11-16)28-12-20(25)26;/h1-11H,12H2,(H2,24,25,26,27);/q;+1/p-1. The molecule has 8 heteroatoms. The van der Waals surface area contributed by atoms with Crippen molar-refractivity contribution in [3.05, 3.63) is 89.2 Å². The van der Waals surface area contributed by atoms with Gasteiger partial charge in [0, 0.05) is 5.56 Å². The summed E-state index contributed by atoms with van der Waals surface area (Å²) in [7, 11) is 0. The Morgan fingerprint density at radius 1 is 0.931 bits per heavy atom. The Morgan fingerprint density at radius 2 is 1.66 bits per heavy atom. The van der Waals surface area contributed by atoms with Gasteiger partial charge in [-0.1, -0.05) is 30.3 Å². The summed E-state index contributed by atoms with van der Waals surface area (Å²) in [6.07, 6.45) is 0. The molecule has 0 unspecified atom stereocenters. The van der Waals surface area contributed by atoms with Crippen LogP contribution in [0.1, 0.15) is 10.4 Å². The molecule has 3 aromatic carbocycles. The van der Waals surface area contributed by atoms with E-state index in [0.717, 1.165) is 6.07 Å². The quantitative estimate of drug-likeness (QED) is 0.654. The molecule has 0 spiro atoms. The molecule has 0 aliphatic rings. The predicted octanol–water partition coefficient (Wildman–Crippen LogP) is 1.94. The number of halogens is 2. The second-order valence-corrected chi connectivity index (χ2v) is 5.80. The topological polar surface area (TPSA) is 77.7 Å². The first-order valence-electron chi connectivity index (χ1n) is 8.18. The average Bonchev–Trinajstić information content (AvgIpc) is 2.67. The van der Waals surface area contributed by atoms with E-state index in [1.165, 1.54) is 54.6 Å². The van der Waals surface area contributed by atoms with E-state index in [0.29, 0.717) is 11.1 Å². The molecule has 5 nitrogen and oxygen atoms in total. The number of rotatable bonds is 6. The molecule has 0 aliphatic heterocycles. The van der Waals surface area contributed by atoms with Crippen LogP contribution in [0.15, 0.2) is 66.7 Å². The average molecular weight is 389 g/mol. The monoisotopic (exact) mass is 389 g/mol. The molecule has 142 valence electrons. The van der Waals surface area contributed by atoms with Crippen molar-refractivity contribution in [3.8, 4) is 16.9 Å². The zero-order valence-corrected chi connectivity index (χ0v) is 15.4. The van der Waals surface area contributed by atoms with Crippen molar-refractivity contribution in [1.29, 1.82) is 0 Å². The van der Waals surface area contributed by atoms with Crippen LogP contribution >= 0.6 is 0 Å². The van der Waals surface area contributed by atoms with E-state index < -0.39 is 30.1 Å². The fourth-order valence-corrected chi connectivity index (χ4v) is 2.50. The minimum atomic E-state index is -1.14. The number of nitrogens with zero attached hydrogens (tertiary/aromatic N) is 1. The number of hydrogen-bond donors (Lipinski definition) is 1. The number of hydrogen-bond acceptors (Lipinski definition) is 3. The van der Waals surface area contributed by atoms with Gasteiger partial charge in [-0.2, -0.15) is 0 Å². The predicted molar refractivity (Wildman–Crippen MR) is 98.7 cm³/mol. The number of carbonyl (C=O) groups is 2. The first kappa shape index (κ1) is 22.1. The number of ether oxygens (including phenoxy) is 1. The van der Waals surface area contributed by atoms with E-state index in [1.54, 1.807) is 6.07 Å². The number of amides is 1. The number of carbonyl (C=O) groups excluding carboxylic acids is 1. The Balaban J connectivity index is 0.00000300. The van der Waals surface area contributed by atoms with Crippen LogP contribution < -0.4 is 23.6 Å². The van der Waals surface area contributed by atoms with Crippen LogP contribution in [0.2, 0.25) is 0 Å². The van der Waals surface area contributed by atoms with E-state index in [2.05, 4.69) is 5.32 Å². The maximum absolute atomic E-state index is 14.2. The maximum Gasteiger partial charge on any atom is 1.00 e. The minimum Gasteiger partial charge on any atom is -0.622 e. The number of carboxylic acids is 1. The van der Waals surface area contributed by atoms with Crippen LogP contribution in [0, 0.1) is 11.6 Å². The van der Waals surface area contributed by atoms with Gasteiger partial charge in [-0.05, 0) is 47.5 Å². The Labute approximate surface area is 177 Å². The third-order valence-electron chi connectivity index (χ3n) is 3.77. The first-order chi connectivity index (χ1) is 13.4. The van der Waals surface area contributed by atoms with Crippen molar-refractivity contribution in [2.45, 2.75) is 0 Å². The zero-order valence-electron chi connectivity index (χ0n) is 15.4. The van der Waals surface area contributed by atoms with E-state index in [-0.39, 0.29) is 35.9 Å². The molecule has 0 saturated heterocycles. The molecule has 0 bridgehead atoms. The maximum atomic E-state index is 14.2. The Bertz CT molecular complexity index is 1040. The van der Waals surface area contributed by atoms with Crippen molar-refractivity contribution >= 4 is 17.6 Å². The van der Waals surface area contributed by atoms with Crippen LogP contribution in [-0.2, 0) is 4.79 Å². The Kier molecular flexibility index (Phi) is 7.54. The van der Waals surface area contributed by atoms with Crippen molar-refractivity contribution in [1.82, 2.24) is 0 Å². The summed E-state index contributed by atoms with van der Waals surface area (Å²) in [6.45, 7) is -0.540. The van der Waals surface area contributed by atoms with Crippen LogP contribution in [-0.4, -0.2) is 23.6 Å². The molecule has 0 atom stereocenters. The first-order valence-corrected chi connectivity index (χ1v) is 8.18. The molecule has 1 N–H and O–H groups in total. The van der Waals surface area contributed by atoms with E-state index in [4.69, 9.17) is 9.84 Å². The number of aliphatic carboxylic acids is 1. The molecule has 1 amide bonds. The summed E-state index contributed by atoms with van der Waals surface area (Å²) in [5.74, 6) is -2.96. The second kappa shape index (κ2) is 9.87. The van der Waals surface area contributed by atoms with E-state index in [1.807, 2.05) is 0 Å². The van der Waals surface area contributed by atoms with Gasteiger partial charge in [0.15, 0.2) is 6.61 Å². The van der Waals surface area contributed by atoms with Gasteiger partial charge in [0.25, 0.3) is 0 Å². The molecule has 0 heterocycles. The van der Waals surface area contributed by atoms with E-state index in [9.17, 15) is 18.4 Å². The summed E-state index contributed by atoms with van der Waals surface area (Å²) in [5.41, 5.74) is 0.887. The molecule has 0 aromatic heterocycles. The van der Waals surface area contributed by atoms with Gasteiger partial charge in [-0.15, -0.1) is 5.69 Å². The molecule has 3 rings (SSSR count). The fourth-order valence-electron chi connectivity index (χ4n) is 2.50. The van der Waals surface area contributed by atoms with Crippen molar-refractivity contribution in [2.75, 3.05) is 6.61 Å². The molecule has 0 aliphatic carbocycles. The van der Waals surface area contributed by atoms with Crippen molar-refractivity contribution in [2.24, 2.45) is 0 Å². The van der Waals surface area contributed by atoms with Crippen LogP contribution in [0.25, 0.3) is 16.4 Å². The number of benzene rings is 3. The zero-order chi connectivity index (χ0) is 20.1. The molecular formula is C21H14F2LiNO4. The second-order valence-electron chi connectivity index (χ2n) is 5.80. The van der Waals surface area contributed by atoms with Gasteiger partial charge in [-0.25, -0.2) is 13.6 Å². The summed E-state index contributed by atoms with van der Waals surface area (Å²) in [6, 6.07) is 15.5. The molecule has 3 aromatic rings. The van der Waals surface area contributed by atoms with Gasteiger partial charge >= 0.3 is 24.8 Å². The molecule has 0 fully saturated rings. The van der Waals surface area contributed by atoms with Crippen molar-refractivity contribution < 1.29 is 47.1 Å². The summed E-state index contributed by atoms with van der Waals surface area (Å²) < 4.78 is 32.6. The van der Waals surface area contributed by atoms with Gasteiger partial charge in [0.1, 0.15) is 17.4 Å². The SMILES string of the molecule is O=C(O)COc1cccc([N-]C(=O)c2cc(-c3cccc(F)c3)ccc2F)c1.[Li+]. The fraction of sp³-hybridized carbons (Fsp3) is 0.0476. The summed E-state index contributed by atoms with van der Waals surface area (Å²) in [5, 5.41) is 12.5. The van der Waals surface area contributed by atoms with Gasteiger partial charge in [0.2, 0.25) is 0 Å². The third-order valence-corrected chi connectivity index (χ3v) is 3.77. The summed E-state index contributed by atoms with van der Waals surface area (Å²) in [4.78, 5) is 23.0. The number of carboxylic acid groups (broad SMARTS) is 1. The van der Waals surface area contributed by atoms with Crippen LogP contribution in [0.3, 0.4) is 0 Å². The molecule has 0 saturated carbocycles.